The average molecular weight is 262 g/mol. The number of rotatable bonds is 6. The molecule has 0 heterocycles. The molecule has 0 aromatic rings. The van der Waals surface area contributed by atoms with Crippen LogP contribution in [0.5, 0.6) is 0 Å². The van der Waals surface area contributed by atoms with Gasteiger partial charge >= 0.3 is 12.4 Å². The number of halogens is 6. The molecule has 0 amide bonds. The number of hydrogen-bond acceptors (Lipinski definition) is 0. The maximum Gasteiger partial charge on any atom is 0.400 e. The Balaban J connectivity index is 2.23. The topological polar surface area (TPSA) is 0 Å². The minimum absolute atomic E-state index is 0.00356. The molecule has 1 aliphatic rings. The van der Waals surface area contributed by atoms with E-state index in [2.05, 4.69) is 0 Å². The third kappa shape index (κ3) is 5.64. The predicted molar refractivity (Wildman–Crippen MR) is 51.4 cm³/mol. The maximum absolute atomic E-state index is 12.1. The molecule has 0 nitrogen and oxygen atoms in total. The van der Waals surface area contributed by atoms with Crippen LogP contribution in [0.3, 0.4) is 0 Å². The molecule has 0 saturated heterocycles. The van der Waals surface area contributed by atoms with Crippen molar-refractivity contribution in [2.24, 2.45) is 11.8 Å². The van der Waals surface area contributed by atoms with Crippen molar-refractivity contribution in [2.45, 2.75) is 57.3 Å². The molecule has 6 heteroatoms. The molecule has 0 aromatic heterocycles. The van der Waals surface area contributed by atoms with E-state index in [1.165, 1.54) is 0 Å². The van der Waals surface area contributed by atoms with Crippen LogP contribution in [-0.2, 0) is 0 Å². The van der Waals surface area contributed by atoms with Crippen molar-refractivity contribution in [1.29, 1.82) is 0 Å². The second kappa shape index (κ2) is 5.48. The molecule has 0 radical (unpaired) electrons. The van der Waals surface area contributed by atoms with Gasteiger partial charge in [-0.05, 0) is 12.3 Å². The zero-order valence-electron chi connectivity index (χ0n) is 9.37. The molecule has 0 aliphatic heterocycles. The van der Waals surface area contributed by atoms with Gasteiger partial charge in [0.25, 0.3) is 0 Å². The SMILES string of the molecule is FC(F)(F)C(CCCCCC1CC1)C(F)(F)F. The van der Waals surface area contributed by atoms with E-state index in [-0.39, 0.29) is 6.42 Å². The fourth-order valence-corrected chi connectivity index (χ4v) is 1.88. The normalized spacial score (nSPS) is 17.8. The van der Waals surface area contributed by atoms with E-state index in [9.17, 15) is 26.3 Å². The van der Waals surface area contributed by atoms with Gasteiger partial charge in [0.05, 0.1) is 0 Å². The van der Waals surface area contributed by atoms with E-state index >= 15 is 0 Å². The summed E-state index contributed by atoms with van der Waals surface area (Å²) >= 11 is 0. The molecule has 102 valence electrons. The third-order valence-electron chi connectivity index (χ3n) is 3.09. The summed E-state index contributed by atoms with van der Waals surface area (Å²) in [7, 11) is 0. The lowest BCUT2D eigenvalue weighted by Gasteiger charge is -2.22. The molecule has 0 atom stereocenters. The van der Waals surface area contributed by atoms with Gasteiger partial charge in [0.15, 0.2) is 5.92 Å². The molecule has 1 aliphatic carbocycles. The molecule has 17 heavy (non-hydrogen) atoms. The maximum atomic E-state index is 12.1. The van der Waals surface area contributed by atoms with Crippen molar-refractivity contribution in [2.75, 3.05) is 0 Å². The average Bonchev–Trinajstić information content (AvgIpc) is 2.89. The van der Waals surface area contributed by atoms with Crippen molar-refractivity contribution in [3.05, 3.63) is 0 Å². The summed E-state index contributed by atoms with van der Waals surface area (Å²) in [6.07, 6.45) is -6.71. The summed E-state index contributed by atoms with van der Waals surface area (Å²) in [4.78, 5) is 0. The fourth-order valence-electron chi connectivity index (χ4n) is 1.88. The van der Waals surface area contributed by atoms with Gasteiger partial charge in [0.1, 0.15) is 0 Å². The number of unbranched alkanes of at least 4 members (excludes halogenated alkanes) is 2. The van der Waals surface area contributed by atoms with Gasteiger partial charge in [-0.15, -0.1) is 0 Å². The lowest BCUT2D eigenvalue weighted by molar-refractivity contribution is -0.285. The van der Waals surface area contributed by atoms with Crippen LogP contribution >= 0.6 is 0 Å². The first kappa shape index (κ1) is 14.6. The van der Waals surface area contributed by atoms with Crippen LogP contribution in [-0.4, -0.2) is 12.4 Å². The second-order valence-corrected chi connectivity index (χ2v) is 4.72. The molecule has 1 saturated carbocycles. The second-order valence-electron chi connectivity index (χ2n) is 4.72. The molecular weight excluding hydrogens is 246 g/mol. The van der Waals surface area contributed by atoms with E-state index < -0.39 is 24.7 Å². The zero-order chi connectivity index (χ0) is 13.1. The Bertz CT molecular complexity index is 211. The first-order valence-corrected chi connectivity index (χ1v) is 5.84. The quantitative estimate of drug-likeness (QED) is 0.462. The summed E-state index contributed by atoms with van der Waals surface area (Å²) in [5.41, 5.74) is 0. The van der Waals surface area contributed by atoms with Crippen LogP contribution in [0, 0.1) is 11.8 Å². The first-order chi connectivity index (χ1) is 7.71. The highest BCUT2D eigenvalue weighted by atomic mass is 19.4. The highest BCUT2D eigenvalue weighted by Gasteiger charge is 2.55. The standard InChI is InChI=1S/C11H16F6/c12-10(13,14)9(11(15,16)17)5-3-1-2-4-8-6-7-8/h8-9H,1-7H2. The van der Waals surface area contributed by atoms with Crippen molar-refractivity contribution >= 4 is 0 Å². The minimum atomic E-state index is -5.17. The lowest BCUT2D eigenvalue weighted by atomic mass is 9.99. The molecule has 0 aromatic carbocycles. The number of alkyl halides is 6. The van der Waals surface area contributed by atoms with Gasteiger partial charge in [0, 0.05) is 0 Å². The smallest absolute Gasteiger partial charge is 0.170 e. The molecule has 0 spiro atoms. The van der Waals surface area contributed by atoms with Crippen LogP contribution in [0.2, 0.25) is 0 Å². The Morgan fingerprint density at radius 3 is 1.76 bits per heavy atom. The minimum Gasteiger partial charge on any atom is -0.170 e. The molecule has 1 rings (SSSR count). The lowest BCUT2D eigenvalue weighted by Crippen LogP contribution is -2.36. The van der Waals surface area contributed by atoms with Crippen LogP contribution < -0.4 is 0 Å². The molecular formula is C11H16F6. The van der Waals surface area contributed by atoms with Crippen LogP contribution in [0.1, 0.15) is 44.9 Å². The fraction of sp³-hybridized carbons (Fsp3) is 1.00. The van der Waals surface area contributed by atoms with Crippen molar-refractivity contribution < 1.29 is 26.3 Å². The Morgan fingerprint density at radius 2 is 1.35 bits per heavy atom. The third-order valence-corrected chi connectivity index (χ3v) is 3.09. The van der Waals surface area contributed by atoms with Crippen LogP contribution in [0.4, 0.5) is 26.3 Å². The van der Waals surface area contributed by atoms with Gasteiger partial charge in [-0.25, -0.2) is 0 Å². The molecule has 0 N–H and O–H groups in total. The summed E-state index contributed by atoms with van der Waals surface area (Å²) in [6, 6.07) is 0. The highest BCUT2D eigenvalue weighted by molar-refractivity contribution is 4.76. The van der Waals surface area contributed by atoms with E-state index in [1.54, 1.807) is 0 Å². The van der Waals surface area contributed by atoms with Crippen LogP contribution in [0.25, 0.3) is 0 Å². The van der Waals surface area contributed by atoms with E-state index in [0.29, 0.717) is 12.3 Å². The summed E-state index contributed by atoms with van der Waals surface area (Å²) in [5, 5.41) is 0. The van der Waals surface area contributed by atoms with Gasteiger partial charge in [-0.3, -0.25) is 0 Å². The molecule has 1 fully saturated rings. The Morgan fingerprint density at radius 1 is 0.824 bits per heavy atom. The van der Waals surface area contributed by atoms with E-state index in [4.69, 9.17) is 0 Å². The summed E-state index contributed by atoms with van der Waals surface area (Å²) in [6.45, 7) is 0. The van der Waals surface area contributed by atoms with Gasteiger partial charge in [-0.2, -0.15) is 26.3 Å². The number of hydrogen-bond donors (Lipinski definition) is 0. The molecule has 0 bridgehead atoms. The largest absolute Gasteiger partial charge is 0.400 e. The highest BCUT2D eigenvalue weighted by Crippen LogP contribution is 2.42. The van der Waals surface area contributed by atoms with E-state index in [1.807, 2.05) is 0 Å². The summed E-state index contributed by atoms with van der Waals surface area (Å²) < 4.78 is 72.9. The molecule has 0 unspecified atom stereocenters. The van der Waals surface area contributed by atoms with Crippen LogP contribution in [0.15, 0.2) is 0 Å². The summed E-state index contributed by atoms with van der Waals surface area (Å²) in [5.74, 6) is -2.48. The Labute approximate surface area is 96.4 Å². The zero-order valence-corrected chi connectivity index (χ0v) is 9.37. The van der Waals surface area contributed by atoms with Gasteiger partial charge < -0.3 is 0 Å². The van der Waals surface area contributed by atoms with Crippen molar-refractivity contribution in [1.82, 2.24) is 0 Å². The Kier molecular flexibility index (Phi) is 4.72. The van der Waals surface area contributed by atoms with E-state index in [0.717, 1.165) is 25.7 Å². The van der Waals surface area contributed by atoms with Crippen molar-refractivity contribution in [3.63, 3.8) is 0 Å². The monoisotopic (exact) mass is 262 g/mol. The van der Waals surface area contributed by atoms with Gasteiger partial charge in [0.2, 0.25) is 0 Å². The first-order valence-electron chi connectivity index (χ1n) is 5.84. The Hall–Kier alpha value is -0.420. The van der Waals surface area contributed by atoms with Gasteiger partial charge in [-0.1, -0.05) is 38.5 Å². The van der Waals surface area contributed by atoms with Crippen molar-refractivity contribution in [3.8, 4) is 0 Å². The predicted octanol–water partition coefficient (Wildman–Crippen LogP) is 5.09.